The molecule has 2 aliphatic carbocycles. The van der Waals surface area contributed by atoms with Crippen LogP contribution in [0, 0.1) is 0 Å². The lowest BCUT2D eigenvalue weighted by Crippen LogP contribution is -2.40. The monoisotopic (exact) mass is 315 g/mol. The van der Waals surface area contributed by atoms with E-state index >= 15 is 0 Å². The van der Waals surface area contributed by atoms with Gasteiger partial charge >= 0.3 is 0 Å². The highest BCUT2D eigenvalue weighted by atomic mass is 35.5. The number of thioether (sulfide) groups is 1. The Kier molecular flexibility index (Phi) is 4.47. The van der Waals surface area contributed by atoms with Gasteiger partial charge in [-0.15, -0.1) is 11.3 Å². The number of aryl methyl sites for hydroxylation is 1. The lowest BCUT2D eigenvalue weighted by molar-refractivity contribution is 0.362. The van der Waals surface area contributed by atoms with Crippen LogP contribution in [0.25, 0.3) is 0 Å². The second-order valence-corrected chi connectivity index (χ2v) is 8.89. The van der Waals surface area contributed by atoms with E-state index < -0.39 is 0 Å². The average molecular weight is 316 g/mol. The van der Waals surface area contributed by atoms with Crippen molar-refractivity contribution >= 4 is 34.7 Å². The Balaban J connectivity index is 1.63. The van der Waals surface area contributed by atoms with Crippen molar-refractivity contribution in [1.82, 2.24) is 5.32 Å². The van der Waals surface area contributed by atoms with E-state index in [1.165, 1.54) is 55.4 Å². The first-order valence-corrected chi connectivity index (χ1v) is 9.71. The topological polar surface area (TPSA) is 12.0 Å². The predicted molar refractivity (Wildman–Crippen MR) is 87.7 cm³/mol. The van der Waals surface area contributed by atoms with Crippen molar-refractivity contribution in [2.45, 2.75) is 55.7 Å². The van der Waals surface area contributed by atoms with Crippen LogP contribution in [0.2, 0.25) is 4.34 Å². The van der Waals surface area contributed by atoms with Crippen LogP contribution in [0.1, 0.15) is 55.0 Å². The number of rotatable bonds is 4. The van der Waals surface area contributed by atoms with Crippen molar-refractivity contribution in [2.75, 3.05) is 12.8 Å². The quantitative estimate of drug-likeness (QED) is 0.835. The maximum atomic E-state index is 6.13. The summed E-state index contributed by atoms with van der Waals surface area (Å²) in [5.41, 5.74) is 1.47. The third-order valence-electron chi connectivity index (χ3n) is 4.72. The Labute approximate surface area is 129 Å². The first kappa shape index (κ1) is 14.2. The molecule has 1 atom stereocenters. The third kappa shape index (κ3) is 2.99. The highest BCUT2D eigenvalue weighted by Crippen LogP contribution is 2.42. The van der Waals surface area contributed by atoms with E-state index in [1.54, 1.807) is 11.3 Å². The first-order valence-electron chi connectivity index (χ1n) is 7.29. The van der Waals surface area contributed by atoms with Crippen LogP contribution in [0.5, 0.6) is 0 Å². The molecule has 0 spiro atoms. The van der Waals surface area contributed by atoms with Crippen LogP contribution in [-0.2, 0) is 6.42 Å². The molecular weight excluding hydrogens is 294 g/mol. The largest absolute Gasteiger partial charge is 0.309 e. The molecule has 1 aromatic rings. The summed E-state index contributed by atoms with van der Waals surface area (Å²) in [7, 11) is 0. The van der Waals surface area contributed by atoms with Gasteiger partial charge in [0.1, 0.15) is 0 Å². The molecule has 0 bridgehead atoms. The van der Waals surface area contributed by atoms with Gasteiger partial charge in [-0.3, -0.25) is 0 Å². The molecule has 0 radical (unpaired) electrons. The minimum absolute atomic E-state index is 0.487. The first-order chi connectivity index (χ1) is 9.22. The lowest BCUT2D eigenvalue weighted by Gasteiger charge is -2.37. The van der Waals surface area contributed by atoms with Crippen LogP contribution in [-0.4, -0.2) is 17.5 Å². The summed E-state index contributed by atoms with van der Waals surface area (Å²) in [4.78, 5) is 1.50. The highest BCUT2D eigenvalue weighted by Gasteiger charge is 2.33. The predicted octanol–water partition coefficient (Wildman–Crippen LogP) is 5.04. The number of hydrogen-bond acceptors (Lipinski definition) is 3. The average Bonchev–Trinajstić information content (AvgIpc) is 2.97. The van der Waals surface area contributed by atoms with E-state index in [2.05, 4.69) is 29.4 Å². The molecule has 1 heterocycles. The second-order valence-electron chi connectivity index (χ2n) is 5.85. The van der Waals surface area contributed by atoms with Gasteiger partial charge in [-0.25, -0.2) is 0 Å². The molecule has 1 N–H and O–H groups in total. The van der Waals surface area contributed by atoms with E-state index in [0.29, 0.717) is 10.8 Å². The molecular formula is C15H22ClNS2. The second kappa shape index (κ2) is 5.97. The molecule has 1 nitrogen and oxygen atoms in total. The standard InChI is InChI=1S/C15H22ClNS2/c1-18-15(7-3-2-4-8-15)10-17-12-5-6-13-11(12)9-14(16)19-13/h9,12,17H,2-8,10H2,1H3. The summed E-state index contributed by atoms with van der Waals surface area (Å²) < 4.78 is 1.44. The Morgan fingerprint density at radius 1 is 1.42 bits per heavy atom. The minimum Gasteiger partial charge on any atom is -0.309 e. The fourth-order valence-corrected chi connectivity index (χ4v) is 5.78. The van der Waals surface area contributed by atoms with Crippen LogP contribution >= 0.6 is 34.7 Å². The van der Waals surface area contributed by atoms with E-state index in [0.717, 1.165) is 10.9 Å². The number of halogens is 1. The smallest absolute Gasteiger partial charge is 0.0934 e. The Morgan fingerprint density at radius 2 is 2.21 bits per heavy atom. The van der Waals surface area contributed by atoms with Gasteiger partial charge in [-0.2, -0.15) is 11.8 Å². The number of thiophene rings is 1. The van der Waals surface area contributed by atoms with E-state index in [9.17, 15) is 0 Å². The molecule has 1 fully saturated rings. The molecule has 106 valence electrons. The third-order valence-corrected chi connectivity index (χ3v) is 7.47. The Morgan fingerprint density at radius 3 is 2.95 bits per heavy atom. The summed E-state index contributed by atoms with van der Waals surface area (Å²) in [6.07, 6.45) is 11.7. The summed E-state index contributed by atoms with van der Waals surface area (Å²) >= 11 is 9.98. The SMILES string of the molecule is CSC1(CNC2CCc3sc(Cl)cc32)CCCCC1. The van der Waals surface area contributed by atoms with Crippen LogP contribution in [0.15, 0.2) is 6.07 Å². The molecule has 0 amide bonds. The molecule has 1 saturated carbocycles. The van der Waals surface area contributed by atoms with Gasteiger partial charge in [0.2, 0.25) is 0 Å². The zero-order valence-electron chi connectivity index (χ0n) is 11.5. The summed E-state index contributed by atoms with van der Waals surface area (Å²) in [6, 6.07) is 2.73. The van der Waals surface area contributed by atoms with Crippen molar-refractivity contribution in [3.05, 3.63) is 20.8 Å². The number of nitrogens with one attached hydrogen (secondary N) is 1. The molecule has 19 heavy (non-hydrogen) atoms. The van der Waals surface area contributed by atoms with Gasteiger partial charge in [0, 0.05) is 22.2 Å². The molecule has 1 unspecified atom stereocenters. The fourth-order valence-electron chi connectivity index (χ4n) is 3.50. The molecule has 0 aliphatic heterocycles. The van der Waals surface area contributed by atoms with E-state index in [1.807, 2.05) is 0 Å². The van der Waals surface area contributed by atoms with Gasteiger partial charge in [0.15, 0.2) is 0 Å². The zero-order chi connectivity index (χ0) is 13.3. The van der Waals surface area contributed by atoms with Crippen molar-refractivity contribution in [3.63, 3.8) is 0 Å². The van der Waals surface area contributed by atoms with E-state index in [4.69, 9.17) is 11.6 Å². The van der Waals surface area contributed by atoms with Gasteiger partial charge < -0.3 is 5.32 Å². The van der Waals surface area contributed by atoms with Crippen molar-refractivity contribution in [3.8, 4) is 0 Å². The Bertz CT molecular complexity index is 437. The summed E-state index contributed by atoms with van der Waals surface area (Å²) in [5.74, 6) is 0. The Hall–Kier alpha value is 0.300. The van der Waals surface area contributed by atoms with Gasteiger partial charge in [-0.05, 0) is 43.6 Å². The number of fused-ring (bicyclic) bond motifs is 1. The zero-order valence-corrected chi connectivity index (χ0v) is 13.9. The minimum atomic E-state index is 0.487. The van der Waals surface area contributed by atoms with Crippen LogP contribution < -0.4 is 5.32 Å². The number of hydrogen-bond donors (Lipinski definition) is 1. The fraction of sp³-hybridized carbons (Fsp3) is 0.733. The lowest BCUT2D eigenvalue weighted by atomic mass is 9.88. The molecule has 1 aromatic heterocycles. The van der Waals surface area contributed by atoms with E-state index in [-0.39, 0.29) is 0 Å². The normalized spacial score (nSPS) is 25.5. The van der Waals surface area contributed by atoms with Gasteiger partial charge in [-0.1, -0.05) is 30.9 Å². The molecule has 0 aromatic carbocycles. The van der Waals surface area contributed by atoms with Crippen LogP contribution in [0.4, 0.5) is 0 Å². The summed E-state index contributed by atoms with van der Waals surface area (Å²) in [5, 5.41) is 3.84. The van der Waals surface area contributed by atoms with Crippen molar-refractivity contribution in [1.29, 1.82) is 0 Å². The summed E-state index contributed by atoms with van der Waals surface area (Å²) in [6.45, 7) is 1.16. The molecule has 3 rings (SSSR count). The maximum Gasteiger partial charge on any atom is 0.0934 e. The molecule has 2 aliphatic rings. The molecule has 4 heteroatoms. The van der Waals surface area contributed by atoms with Gasteiger partial charge in [0.05, 0.1) is 4.34 Å². The van der Waals surface area contributed by atoms with Crippen molar-refractivity contribution < 1.29 is 0 Å². The van der Waals surface area contributed by atoms with Crippen molar-refractivity contribution in [2.24, 2.45) is 0 Å². The van der Waals surface area contributed by atoms with Crippen LogP contribution in [0.3, 0.4) is 0 Å². The maximum absolute atomic E-state index is 6.13. The van der Waals surface area contributed by atoms with Gasteiger partial charge in [0.25, 0.3) is 0 Å². The molecule has 0 saturated heterocycles. The highest BCUT2D eigenvalue weighted by molar-refractivity contribution is 8.00.